The van der Waals surface area contributed by atoms with E-state index in [1.54, 1.807) is 33.1 Å². The summed E-state index contributed by atoms with van der Waals surface area (Å²) in [6, 6.07) is 4.38. The molecule has 1 heterocycles. The molecule has 7 heteroatoms. The molecule has 0 radical (unpaired) electrons. The molecule has 0 spiro atoms. The number of ether oxygens (including phenoxy) is 3. The van der Waals surface area contributed by atoms with E-state index in [9.17, 15) is 9.59 Å². The van der Waals surface area contributed by atoms with E-state index in [1.165, 1.54) is 0 Å². The third-order valence-corrected chi connectivity index (χ3v) is 4.24. The van der Waals surface area contributed by atoms with Crippen LogP contribution in [0.2, 0.25) is 0 Å². The summed E-state index contributed by atoms with van der Waals surface area (Å²) in [4.78, 5) is 24.3. The summed E-state index contributed by atoms with van der Waals surface area (Å²) >= 11 is 0. The van der Waals surface area contributed by atoms with E-state index >= 15 is 0 Å². The van der Waals surface area contributed by atoms with Gasteiger partial charge in [-0.1, -0.05) is 19.9 Å². The van der Waals surface area contributed by atoms with Gasteiger partial charge in [-0.15, -0.1) is 0 Å². The van der Waals surface area contributed by atoms with E-state index in [0.717, 1.165) is 6.42 Å². The number of carbonyl (C=O) groups excluding carboxylic acids is 2. The molecule has 7 nitrogen and oxygen atoms in total. The maximum atomic E-state index is 12.4. The average Bonchev–Trinajstić information content (AvgIpc) is 2.61. The fourth-order valence-corrected chi connectivity index (χ4v) is 2.81. The van der Waals surface area contributed by atoms with Crippen LogP contribution in [0.25, 0.3) is 0 Å². The van der Waals surface area contributed by atoms with E-state index in [1.807, 2.05) is 6.07 Å². The van der Waals surface area contributed by atoms with Gasteiger partial charge in [-0.05, 0) is 43.9 Å². The van der Waals surface area contributed by atoms with E-state index in [4.69, 9.17) is 14.2 Å². The first-order valence-corrected chi connectivity index (χ1v) is 9.13. The van der Waals surface area contributed by atoms with Gasteiger partial charge in [0.05, 0.1) is 31.9 Å². The molecule has 0 aliphatic carbocycles. The molecule has 0 saturated carbocycles. The first-order valence-electron chi connectivity index (χ1n) is 9.13. The zero-order valence-corrected chi connectivity index (χ0v) is 16.5. The highest BCUT2D eigenvalue weighted by molar-refractivity contribution is 5.95. The van der Waals surface area contributed by atoms with Crippen LogP contribution in [0.1, 0.15) is 45.7 Å². The SMILES string of the molecule is CCOC(=O)C1=C(C)NC(=O)N[C@@H]1c1ccc(OCCC(C)C)c(OC)c1. The molecule has 1 aliphatic heterocycles. The minimum Gasteiger partial charge on any atom is -0.493 e. The molecule has 1 aromatic carbocycles. The van der Waals surface area contributed by atoms with Crippen LogP contribution in [0.5, 0.6) is 11.5 Å². The molecule has 0 fully saturated rings. The van der Waals surface area contributed by atoms with Crippen LogP contribution < -0.4 is 20.1 Å². The topological polar surface area (TPSA) is 85.9 Å². The molecule has 1 aliphatic rings. The molecule has 2 amide bonds. The Morgan fingerprint density at radius 1 is 1.26 bits per heavy atom. The van der Waals surface area contributed by atoms with Crippen molar-refractivity contribution in [3.8, 4) is 11.5 Å². The van der Waals surface area contributed by atoms with Gasteiger partial charge in [-0.25, -0.2) is 9.59 Å². The number of allylic oxidation sites excluding steroid dienone is 1. The lowest BCUT2D eigenvalue weighted by Crippen LogP contribution is -2.45. The minimum absolute atomic E-state index is 0.252. The summed E-state index contributed by atoms with van der Waals surface area (Å²) in [5.74, 6) is 1.25. The quantitative estimate of drug-likeness (QED) is 0.680. The van der Waals surface area contributed by atoms with Crippen LogP contribution in [0, 0.1) is 5.92 Å². The van der Waals surface area contributed by atoms with Gasteiger partial charge in [-0.2, -0.15) is 0 Å². The predicted molar refractivity (Wildman–Crippen MR) is 102 cm³/mol. The Kier molecular flexibility index (Phi) is 7.10. The Labute approximate surface area is 160 Å². The highest BCUT2D eigenvalue weighted by Gasteiger charge is 2.32. The summed E-state index contributed by atoms with van der Waals surface area (Å²) in [5.41, 5.74) is 1.55. The fourth-order valence-electron chi connectivity index (χ4n) is 2.81. The zero-order chi connectivity index (χ0) is 20.0. The maximum Gasteiger partial charge on any atom is 0.338 e. The van der Waals surface area contributed by atoms with Gasteiger partial charge in [0.25, 0.3) is 0 Å². The molecular formula is C20H28N2O5. The zero-order valence-electron chi connectivity index (χ0n) is 16.5. The summed E-state index contributed by atoms with van der Waals surface area (Å²) in [5, 5.41) is 5.40. The highest BCUT2D eigenvalue weighted by Crippen LogP contribution is 2.34. The van der Waals surface area contributed by atoms with Gasteiger partial charge >= 0.3 is 12.0 Å². The van der Waals surface area contributed by atoms with E-state index in [2.05, 4.69) is 24.5 Å². The molecule has 27 heavy (non-hydrogen) atoms. The molecule has 0 unspecified atom stereocenters. The van der Waals surface area contributed by atoms with Gasteiger partial charge in [0, 0.05) is 5.70 Å². The number of hydrogen-bond acceptors (Lipinski definition) is 5. The van der Waals surface area contributed by atoms with Gasteiger partial charge in [0.2, 0.25) is 0 Å². The second-order valence-electron chi connectivity index (χ2n) is 6.73. The Balaban J connectivity index is 2.32. The van der Waals surface area contributed by atoms with Crippen molar-refractivity contribution < 1.29 is 23.8 Å². The Morgan fingerprint density at radius 2 is 2.00 bits per heavy atom. The van der Waals surface area contributed by atoms with Crippen molar-refractivity contribution in [1.82, 2.24) is 10.6 Å². The molecule has 2 N–H and O–H groups in total. The minimum atomic E-state index is -0.628. The number of carbonyl (C=O) groups is 2. The fraction of sp³-hybridized carbons (Fsp3) is 0.500. The third-order valence-electron chi connectivity index (χ3n) is 4.24. The summed E-state index contributed by atoms with van der Waals surface area (Å²) < 4.78 is 16.4. The summed E-state index contributed by atoms with van der Waals surface area (Å²) in [6.45, 7) is 8.53. The molecule has 0 bridgehead atoms. The Morgan fingerprint density at radius 3 is 2.63 bits per heavy atom. The van der Waals surface area contributed by atoms with Gasteiger partial charge in [0.1, 0.15) is 0 Å². The first-order chi connectivity index (χ1) is 12.9. The lowest BCUT2D eigenvalue weighted by molar-refractivity contribution is -0.139. The summed E-state index contributed by atoms with van der Waals surface area (Å²) in [7, 11) is 1.56. The number of rotatable bonds is 8. The monoisotopic (exact) mass is 376 g/mol. The van der Waals surface area contributed by atoms with Crippen molar-refractivity contribution in [1.29, 1.82) is 0 Å². The van der Waals surface area contributed by atoms with Crippen LogP contribution >= 0.6 is 0 Å². The van der Waals surface area contributed by atoms with Crippen LogP contribution in [-0.2, 0) is 9.53 Å². The van der Waals surface area contributed by atoms with Crippen molar-refractivity contribution >= 4 is 12.0 Å². The molecule has 0 aromatic heterocycles. The molecule has 1 atom stereocenters. The van der Waals surface area contributed by atoms with Crippen LogP contribution in [-0.4, -0.2) is 32.3 Å². The lowest BCUT2D eigenvalue weighted by atomic mass is 9.95. The van der Waals surface area contributed by atoms with E-state index < -0.39 is 12.0 Å². The van der Waals surface area contributed by atoms with Crippen molar-refractivity contribution in [3.05, 3.63) is 35.0 Å². The Bertz CT molecular complexity index is 727. The van der Waals surface area contributed by atoms with Gasteiger partial charge < -0.3 is 24.8 Å². The van der Waals surface area contributed by atoms with Crippen LogP contribution in [0.15, 0.2) is 29.5 Å². The highest BCUT2D eigenvalue weighted by atomic mass is 16.5. The first kappa shape index (κ1) is 20.6. The largest absolute Gasteiger partial charge is 0.493 e. The third kappa shape index (κ3) is 5.15. The maximum absolute atomic E-state index is 12.4. The van der Waals surface area contributed by atoms with Crippen LogP contribution in [0.3, 0.4) is 0 Å². The second kappa shape index (κ2) is 9.30. The van der Waals surface area contributed by atoms with E-state index in [0.29, 0.717) is 40.9 Å². The number of nitrogens with one attached hydrogen (secondary N) is 2. The molecule has 0 saturated heterocycles. The Hall–Kier alpha value is -2.70. The van der Waals surface area contributed by atoms with Crippen molar-refractivity contribution in [2.45, 2.75) is 40.2 Å². The average molecular weight is 376 g/mol. The molecule has 1 aromatic rings. The number of esters is 1. The normalized spacial score (nSPS) is 16.7. The number of benzene rings is 1. The standard InChI is InChI=1S/C20H28N2O5/c1-6-26-19(23)17-13(4)21-20(24)22-18(17)14-7-8-15(16(11-14)25-5)27-10-9-12(2)3/h7-8,11-12,18H,6,9-10H2,1-5H3,(H2,21,22,24)/t18-/m1/s1. The second-order valence-corrected chi connectivity index (χ2v) is 6.73. The van der Waals surface area contributed by atoms with Crippen molar-refractivity contribution in [3.63, 3.8) is 0 Å². The van der Waals surface area contributed by atoms with Crippen molar-refractivity contribution in [2.24, 2.45) is 5.92 Å². The van der Waals surface area contributed by atoms with Crippen molar-refractivity contribution in [2.75, 3.05) is 20.3 Å². The molecular weight excluding hydrogens is 348 g/mol. The summed E-state index contributed by atoms with van der Waals surface area (Å²) in [6.07, 6.45) is 0.935. The number of urea groups is 1. The number of methoxy groups -OCH3 is 1. The number of hydrogen-bond donors (Lipinski definition) is 2. The smallest absolute Gasteiger partial charge is 0.338 e. The van der Waals surface area contributed by atoms with E-state index in [-0.39, 0.29) is 12.6 Å². The number of amides is 2. The van der Waals surface area contributed by atoms with Gasteiger partial charge in [0.15, 0.2) is 11.5 Å². The predicted octanol–water partition coefficient (Wildman–Crippen LogP) is 3.31. The van der Waals surface area contributed by atoms with Crippen LogP contribution in [0.4, 0.5) is 4.79 Å². The molecule has 148 valence electrons. The molecule has 2 rings (SSSR count). The van der Waals surface area contributed by atoms with Gasteiger partial charge in [-0.3, -0.25) is 0 Å². The lowest BCUT2D eigenvalue weighted by Gasteiger charge is -2.28.